The van der Waals surface area contributed by atoms with Crippen LogP contribution < -0.4 is 9.46 Å². The number of hydrogen-bond acceptors (Lipinski definition) is 8. The Labute approximate surface area is 254 Å². The zero-order valence-electron chi connectivity index (χ0n) is 25.2. The van der Waals surface area contributed by atoms with Crippen molar-refractivity contribution in [3.63, 3.8) is 0 Å². The number of likely N-dealkylation sites (N-methyl/N-ethyl adjacent to an activating group) is 1. The van der Waals surface area contributed by atoms with Crippen LogP contribution in [-0.4, -0.2) is 94.9 Å². The van der Waals surface area contributed by atoms with E-state index in [9.17, 15) is 31.1 Å². The summed E-state index contributed by atoms with van der Waals surface area (Å²) in [4.78, 5) is 15.4. The van der Waals surface area contributed by atoms with Gasteiger partial charge in [-0.1, -0.05) is 6.92 Å². The van der Waals surface area contributed by atoms with Crippen LogP contribution in [0.15, 0.2) is 47.4 Å². The van der Waals surface area contributed by atoms with Crippen LogP contribution in [0.1, 0.15) is 50.4 Å². The van der Waals surface area contributed by atoms with E-state index >= 15 is 0 Å². The van der Waals surface area contributed by atoms with Gasteiger partial charge in [-0.05, 0) is 75.6 Å². The third kappa shape index (κ3) is 9.60. The third-order valence-corrected chi connectivity index (χ3v) is 10.1. The molecule has 0 saturated heterocycles. The normalized spacial score (nSPS) is 21.9. The highest BCUT2D eigenvalue weighted by atomic mass is 32.2. The fourth-order valence-electron chi connectivity index (χ4n) is 4.67. The van der Waals surface area contributed by atoms with Crippen molar-refractivity contribution >= 4 is 31.6 Å². The Morgan fingerprint density at radius 1 is 1.12 bits per heavy atom. The summed E-state index contributed by atoms with van der Waals surface area (Å²) < 4.78 is 79.6. The molecular formula is C29H42FN3O8S2. The van der Waals surface area contributed by atoms with Gasteiger partial charge in [0.2, 0.25) is 10.0 Å². The molecule has 0 aliphatic carbocycles. The van der Waals surface area contributed by atoms with Crippen molar-refractivity contribution in [3.8, 4) is 5.75 Å². The number of carbonyl (C=O) groups is 1. The number of fused-ring (bicyclic) bond motifs is 1. The summed E-state index contributed by atoms with van der Waals surface area (Å²) in [6.45, 7) is 5.64. The number of nitrogens with zero attached hydrogens (tertiary/aromatic N) is 2. The van der Waals surface area contributed by atoms with E-state index in [-0.39, 0.29) is 53.6 Å². The van der Waals surface area contributed by atoms with Crippen molar-refractivity contribution in [1.82, 2.24) is 9.21 Å². The fourth-order valence-corrected chi connectivity index (χ4v) is 6.13. The molecule has 2 aromatic carbocycles. The Kier molecular flexibility index (Phi) is 11.9. The van der Waals surface area contributed by atoms with Crippen LogP contribution >= 0.6 is 0 Å². The van der Waals surface area contributed by atoms with Gasteiger partial charge in [-0.3, -0.25) is 9.52 Å². The predicted octanol–water partition coefficient (Wildman–Crippen LogP) is 3.31. The average Bonchev–Trinajstić information content (AvgIpc) is 2.94. The first-order valence-electron chi connectivity index (χ1n) is 14.2. The number of nitrogens with one attached hydrogen (secondary N) is 1. The minimum absolute atomic E-state index is 0.0843. The second-order valence-corrected chi connectivity index (χ2v) is 14.9. The molecule has 1 heterocycles. The molecule has 1 aliphatic heterocycles. The molecule has 1 aliphatic rings. The van der Waals surface area contributed by atoms with E-state index in [0.29, 0.717) is 19.4 Å². The Hall–Kier alpha value is -2.78. The van der Waals surface area contributed by atoms with Crippen LogP contribution in [-0.2, 0) is 24.8 Å². The number of anilines is 1. The summed E-state index contributed by atoms with van der Waals surface area (Å²) in [5, 5.41) is 10.1. The van der Waals surface area contributed by atoms with E-state index in [1.807, 2.05) is 13.8 Å². The number of sulfonamides is 2. The molecule has 4 atom stereocenters. The molecule has 14 heteroatoms. The smallest absolute Gasteiger partial charge is 0.261 e. The topological polar surface area (TPSA) is 143 Å². The molecule has 0 aromatic heterocycles. The molecule has 3 rings (SSSR count). The van der Waals surface area contributed by atoms with Gasteiger partial charge in [0.05, 0.1) is 41.6 Å². The highest BCUT2D eigenvalue weighted by Crippen LogP contribution is 2.29. The molecular weight excluding hydrogens is 601 g/mol. The molecule has 0 spiro atoms. The van der Waals surface area contributed by atoms with E-state index in [1.54, 1.807) is 6.92 Å². The second kappa shape index (κ2) is 14.8. The van der Waals surface area contributed by atoms with Gasteiger partial charge in [0, 0.05) is 38.3 Å². The number of ether oxygens (including phenoxy) is 2. The van der Waals surface area contributed by atoms with Crippen LogP contribution in [0.3, 0.4) is 0 Å². The molecule has 0 saturated carbocycles. The van der Waals surface area contributed by atoms with Gasteiger partial charge in [0.15, 0.2) is 0 Å². The Balaban J connectivity index is 2.02. The predicted molar refractivity (Wildman–Crippen MR) is 162 cm³/mol. The summed E-state index contributed by atoms with van der Waals surface area (Å²) in [5.41, 5.74) is 0.177. The van der Waals surface area contributed by atoms with Gasteiger partial charge >= 0.3 is 0 Å². The van der Waals surface area contributed by atoms with Crippen molar-refractivity contribution in [2.24, 2.45) is 5.92 Å². The van der Waals surface area contributed by atoms with Crippen LogP contribution in [0.25, 0.3) is 0 Å². The third-order valence-electron chi connectivity index (χ3n) is 7.43. The second-order valence-electron chi connectivity index (χ2n) is 11.1. The van der Waals surface area contributed by atoms with Gasteiger partial charge in [0.1, 0.15) is 11.6 Å². The number of amides is 1. The fraction of sp³-hybridized carbons (Fsp3) is 0.552. The lowest BCUT2D eigenvalue weighted by molar-refractivity contribution is -0.00828. The number of benzene rings is 2. The van der Waals surface area contributed by atoms with E-state index in [0.717, 1.165) is 36.9 Å². The van der Waals surface area contributed by atoms with Crippen molar-refractivity contribution < 1.29 is 40.6 Å². The summed E-state index contributed by atoms with van der Waals surface area (Å²) in [5.74, 6) is -1.17. The first-order valence-corrected chi connectivity index (χ1v) is 17.5. The van der Waals surface area contributed by atoms with Crippen LogP contribution in [0.5, 0.6) is 5.75 Å². The molecule has 240 valence electrons. The summed E-state index contributed by atoms with van der Waals surface area (Å²) in [6.07, 6.45) is 2.42. The number of halogens is 1. The van der Waals surface area contributed by atoms with Gasteiger partial charge < -0.3 is 19.5 Å². The van der Waals surface area contributed by atoms with E-state index in [2.05, 4.69) is 4.72 Å². The Morgan fingerprint density at radius 2 is 1.79 bits per heavy atom. The highest BCUT2D eigenvalue weighted by molar-refractivity contribution is 7.92. The number of rotatable bonds is 8. The molecule has 43 heavy (non-hydrogen) atoms. The Bertz CT molecular complexity index is 1450. The molecule has 0 fully saturated rings. The lowest BCUT2D eigenvalue weighted by Crippen LogP contribution is -2.47. The zero-order chi connectivity index (χ0) is 31.9. The highest BCUT2D eigenvalue weighted by Gasteiger charge is 2.31. The summed E-state index contributed by atoms with van der Waals surface area (Å²) in [7, 11) is -6.11. The first-order chi connectivity index (χ1) is 20.1. The minimum atomic E-state index is -4.10. The lowest BCUT2D eigenvalue weighted by Gasteiger charge is -2.35. The lowest BCUT2D eigenvalue weighted by atomic mass is 10.0. The number of carbonyl (C=O) groups excluding carboxylic acids is 1. The standard InChI is InChI=1S/C29H42FN3O8S2/c1-20-17-33(21(2)19-34)29(35)26-16-24(31-43(38,39)25-12-9-23(30)10-13-25)11-14-27(26)41-22(3)8-6-7-15-40-28(20)18-32(4)42(5,36)37/h9-14,16,20-22,28,31,34H,6-8,15,17-19H2,1-5H3/t20-,21-,22+,28-/m1/s1. The SMILES string of the molecule is C[C@@H]1CN([C@H](C)CO)C(=O)c2cc(NS(=O)(=O)c3ccc(F)cc3)ccc2O[C@@H](C)CCCCO[C@@H]1CN(C)S(C)(=O)=O. The quantitative estimate of drug-likeness (QED) is 0.446. The van der Waals surface area contributed by atoms with Gasteiger partial charge in [-0.2, -0.15) is 0 Å². The number of aliphatic hydroxyl groups excluding tert-OH is 1. The number of aliphatic hydroxyl groups is 1. The van der Waals surface area contributed by atoms with Gasteiger partial charge in [-0.15, -0.1) is 0 Å². The maximum Gasteiger partial charge on any atom is 0.261 e. The van der Waals surface area contributed by atoms with Gasteiger partial charge in [0.25, 0.3) is 15.9 Å². The minimum Gasteiger partial charge on any atom is -0.490 e. The van der Waals surface area contributed by atoms with Gasteiger partial charge in [-0.25, -0.2) is 25.5 Å². The molecule has 1 amide bonds. The maximum absolute atomic E-state index is 14.1. The van der Waals surface area contributed by atoms with E-state index in [4.69, 9.17) is 9.47 Å². The van der Waals surface area contributed by atoms with Crippen molar-refractivity contribution in [3.05, 3.63) is 53.8 Å². The molecule has 0 unspecified atom stereocenters. The monoisotopic (exact) mass is 643 g/mol. The maximum atomic E-state index is 14.1. The molecule has 0 radical (unpaired) electrons. The molecule has 0 bridgehead atoms. The molecule has 2 N–H and O–H groups in total. The van der Waals surface area contributed by atoms with Crippen molar-refractivity contribution in [1.29, 1.82) is 0 Å². The van der Waals surface area contributed by atoms with E-state index < -0.39 is 43.9 Å². The van der Waals surface area contributed by atoms with Crippen molar-refractivity contribution in [2.75, 3.05) is 44.3 Å². The average molecular weight is 644 g/mol. The first kappa shape index (κ1) is 34.7. The van der Waals surface area contributed by atoms with Crippen LogP contribution in [0.2, 0.25) is 0 Å². The summed E-state index contributed by atoms with van der Waals surface area (Å²) >= 11 is 0. The molecule has 2 aromatic rings. The van der Waals surface area contributed by atoms with Crippen LogP contribution in [0.4, 0.5) is 10.1 Å². The van der Waals surface area contributed by atoms with Crippen molar-refractivity contribution in [2.45, 2.75) is 63.2 Å². The largest absolute Gasteiger partial charge is 0.490 e. The Morgan fingerprint density at radius 3 is 2.42 bits per heavy atom. The van der Waals surface area contributed by atoms with Crippen LogP contribution in [0, 0.1) is 11.7 Å². The summed E-state index contributed by atoms with van der Waals surface area (Å²) in [6, 6.07) is 8.10. The molecule has 11 nitrogen and oxygen atoms in total. The van der Waals surface area contributed by atoms with E-state index in [1.165, 1.54) is 34.5 Å². The number of hydrogen-bond donors (Lipinski definition) is 2. The zero-order valence-corrected chi connectivity index (χ0v) is 26.8.